The lowest BCUT2D eigenvalue weighted by Gasteiger charge is -2.21. The van der Waals surface area contributed by atoms with E-state index in [1.165, 1.54) is 16.7 Å². The van der Waals surface area contributed by atoms with Crippen LogP contribution in [0.1, 0.15) is 18.9 Å². The number of likely N-dealkylation sites (N-methyl/N-ethyl adjacent to an activating group) is 1. The van der Waals surface area contributed by atoms with Gasteiger partial charge >= 0.3 is 0 Å². The van der Waals surface area contributed by atoms with E-state index in [1.54, 1.807) is 11.0 Å². The summed E-state index contributed by atoms with van der Waals surface area (Å²) < 4.78 is 1.40. The average molecular weight is 443 g/mol. The molecule has 1 fully saturated rings. The van der Waals surface area contributed by atoms with Crippen molar-refractivity contribution in [2.24, 2.45) is 0 Å². The Balaban J connectivity index is 2.02. The van der Waals surface area contributed by atoms with Crippen molar-refractivity contribution >= 4 is 62.1 Å². The summed E-state index contributed by atoms with van der Waals surface area (Å²) in [6.45, 7) is 2.86. The number of rotatable bonds is 7. The second-order valence-electron chi connectivity index (χ2n) is 5.34. The number of halogens is 1. The molecule has 1 saturated heterocycles. The molecule has 2 amide bonds. The molecule has 0 unspecified atom stereocenters. The summed E-state index contributed by atoms with van der Waals surface area (Å²) in [4.78, 5) is 28.3. The fourth-order valence-corrected chi connectivity index (χ4v) is 4.11. The van der Waals surface area contributed by atoms with Crippen molar-refractivity contribution in [3.8, 4) is 0 Å². The van der Waals surface area contributed by atoms with Crippen LogP contribution in [0.15, 0.2) is 33.6 Å². The summed E-state index contributed by atoms with van der Waals surface area (Å²) in [6.07, 6.45) is 1.99. The second-order valence-corrected chi connectivity index (χ2v) is 7.93. The molecular weight excluding hydrogens is 424 g/mol. The first-order chi connectivity index (χ1) is 12.0. The molecule has 0 aliphatic carbocycles. The Bertz CT molecular complexity index is 709. The molecule has 1 aromatic carbocycles. The number of thioether (sulfide) groups is 1. The number of hydrogen-bond acceptors (Lipinski definition) is 5. The van der Waals surface area contributed by atoms with Crippen molar-refractivity contribution in [2.75, 3.05) is 26.2 Å². The van der Waals surface area contributed by atoms with Gasteiger partial charge in [0.1, 0.15) is 4.32 Å². The minimum Gasteiger partial charge on any atom is -0.395 e. The van der Waals surface area contributed by atoms with Crippen LogP contribution in [0.4, 0.5) is 0 Å². The number of thiocarbonyl (C=S) groups is 1. The van der Waals surface area contributed by atoms with Gasteiger partial charge in [0.25, 0.3) is 5.91 Å². The van der Waals surface area contributed by atoms with Gasteiger partial charge in [-0.05, 0) is 30.7 Å². The van der Waals surface area contributed by atoms with Gasteiger partial charge in [-0.15, -0.1) is 0 Å². The Labute approximate surface area is 165 Å². The first kappa shape index (κ1) is 20.1. The number of carbonyl (C=O) groups excluding carboxylic acids is 2. The van der Waals surface area contributed by atoms with E-state index in [-0.39, 0.29) is 31.4 Å². The maximum Gasteiger partial charge on any atom is 0.266 e. The average Bonchev–Trinajstić information content (AvgIpc) is 2.84. The minimum atomic E-state index is -0.173. The predicted octanol–water partition coefficient (Wildman–Crippen LogP) is 2.88. The van der Waals surface area contributed by atoms with Crippen LogP contribution in [0.2, 0.25) is 0 Å². The molecule has 0 saturated carbocycles. The molecule has 1 aliphatic rings. The number of aliphatic hydroxyl groups excluding tert-OH is 1. The molecule has 1 heterocycles. The van der Waals surface area contributed by atoms with E-state index in [2.05, 4.69) is 15.9 Å². The molecule has 0 aromatic heterocycles. The fourth-order valence-electron chi connectivity index (χ4n) is 2.39. The van der Waals surface area contributed by atoms with Crippen LogP contribution in [-0.4, -0.2) is 57.3 Å². The third kappa shape index (κ3) is 5.37. The lowest BCUT2D eigenvalue weighted by atomic mass is 10.2. The first-order valence-electron chi connectivity index (χ1n) is 7.85. The lowest BCUT2D eigenvalue weighted by molar-refractivity contribution is -0.132. The molecule has 25 heavy (non-hydrogen) atoms. The summed E-state index contributed by atoms with van der Waals surface area (Å²) in [5.41, 5.74) is 0.908. The smallest absolute Gasteiger partial charge is 0.266 e. The van der Waals surface area contributed by atoms with Crippen LogP contribution < -0.4 is 0 Å². The monoisotopic (exact) mass is 442 g/mol. The predicted molar refractivity (Wildman–Crippen MR) is 108 cm³/mol. The van der Waals surface area contributed by atoms with Gasteiger partial charge in [-0.1, -0.05) is 52.0 Å². The summed E-state index contributed by atoms with van der Waals surface area (Å²) >= 11 is 9.94. The standard InChI is InChI=1S/C17H19BrN2O3S2/c1-2-19(8-9-21)15(22)6-7-20-16(23)14(25-17(20)24)11-12-4-3-5-13(18)10-12/h3-5,10-11,21H,2,6-9H2,1H3/b14-11+. The Morgan fingerprint density at radius 3 is 2.88 bits per heavy atom. The van der Waals surface area contributed by atoms with E-state index < -0.39 is 0 Å². The highest BCUT2D eigenvalue weighted by Crippen LogP contribution is 2.32. The Morgan fingerprint density at radius 1 is 1.48 bits per heavy atom. The molecule has 0 atom stereocenters. The van der Waals surface area contributed by atoms with E-state index in [0.29, 0.717) is 22.3 Å². The topological polar surface area (TPSA) is 60.9 Å². The quantitative estimate of drug-likeness (QED) is 0.519. The molecule has 5 nitrogen and oxygen atoms in total. The highest BCUT2D eigenvalue weighted by Gasteiger charge is 2.32. The molecule has 0 bridgehead atoms. The zero-order chi connectivity index (χ0) is 18.4. The van der Waals surface area contributed by atoms with E-state index >= 15 is 0 Å². The maximum absolute atomic E-state index is 12.6. The van der Waals surface area contributed by atoms with Crippen molar-refractivity contribution in [3.05, 3.63) is 39.2 Å². The van der Waals surface area contributed by atoms with Gasteiger partial charge < -0.3 is 10.0 Å². The minimum absolute atomic E-state index is 0.0734. The molecule has 1 N–H and O–H groups in total. The van der Waals surface area contributed by atoms with Gasteiger partial charge in [-0.3, -0.25) is 14.5 Å². The van der Waals surface area contributed by atoms with Crippen LogP contribution in [0.3, 0.4) is 0 Å². The zero-order valence-corrected chi connectivity index (χ0v) is 17.0. The SMILES string of the molecule is CCN(CCO)C(=O)CCN1C(=O)/C(=C\c2cccc(Br)c2)SC1=S. The molecule has 1 aromatic rings. The molecular formula is C17H19BrN2O3S2. The number of nitrogens with zero attached hydrogens (tertiary/aromatic N) is 2. The Kier molecular flexibility index (Phi) is 7.61. The van der Waals surface area contributed by atoms with Gasteiger partial charge in [-0.2, -0.15) is 0 Å². The normalized spacial score (nSPS) is 16.0. The van der Waals surface area contributed by atoms with Gasteiger partial charge in [-0.25, -0.2) is 0 Å². The van der Waals surface area contributed by atoms with Gasteiger partial charge in [0.15, 0.2) is 0 Å². The van der Waals surface area contributed by atoms with Crippen LogP contribution in [0, 0.1) is 0 Å². The summed E-state index contributed by atoms with van der Waals surface area (Å²) in [7, 11) is 0. The summed E-state index contributed by atoms with van der Waals surface area (Å²) in [5.74, 6) is -0.269. The van der Waals surface area contributed by atoms with Crippen molar-refractivity contribution < 1.29 is 14.7 Å². The molecule has 8 heteroatoms. The van der Waals surface area contributed by atoms with Crippen molar-refractivity contribution in [2.45, 2.75) is 13.3 Å². The second kappa shape index (κ2) is 9.47. The van der Waals surface area contributed by atoms with Crippen LogP contribution in [-0.2, 0) is 9.59 Å². The number of hydrogen-bond donors (Lipinski definition) is 1. The Morgan fingerprint density at radius 2 is 2.24 bits per heavy atom. The van der Waals surface area contributed by atoms with E-state index in [9.17, 15) is 9.59 Å². The van der Waals surface area contributed by atoms with E-state index in [0.717, 1.165) is 10.0 Å². The van der Waals surface area contributed by atoms with Crippen LogP contribution in [0.25, 0.3) is 6.08 Å². The molecule has 0 spiro atoms. The lowest BCUT2D eigenvalue weighted by Crippen LogP contribution is -2.37. The fraction of sp³-hybridized carbons (Fsp3) is 0.353. The molecule has 134 valence electrons. The summed E-state index contributed by atoms with van der Waals surface area (Å²) in [5, 5.41) is 8.98. The first-order valence-corrected chi connectivity index (χ1v) is 9.87. The third-order valence-electron chi connectivity index (χ3n) is 3.67. The van der Waals surface area contributed by atoms with Gasteiger partial charge in [0, 0.05) is 30.5 Å². The molecule has 0 radical (unpaired) electrons. The largest absolute Gasteiger partial charge is 0.395 e. The Hall–Kier alpha value is -1.22. The maximum atomic E-state index is 12.6. The van der Waals surface area contributed by atoms with Gasteiger partial charge in [0.05, 0.1) is 11.5 Å². The van der Waals surface area contributed by atoms with E-state index in [4.69, 9.17) is 17.3 Å². The number of aliphatic hydroxyl groups is 1. The highest BCUT2D eigenvalue weighted by molar-refractivity contribution is 9.10. The van der Waals surface area contributed by atoms with Gasteiger partial charge in [0.2, 0.25) is 5.91 Å². The van der Waals surface area contributed by atoms with E-state index in [1.807, 2.05) is 31.2 Å². The summed E-state index contributed by atoms with van der Waals surface area (Å²) in [6, 6.07) is 7.65. The third-order valence-corrected chi connectivity index (χ3v) is 5.54. The van der Waals surface area contributed by atoms with Crippen LogP contribution >= 0.6 is 39.9 Å². The number of carbonyl (C=O) groups is 2. The molecule has 2 rings (SSSR count). The highest BCUT2D eigenvalue weighted by atomic mass is 79.9. The van der Waals surface area contributed by atoms with Crippen LogP contribution in [0.5, 0.6) is 0 Å². The molecule has 1 aliphatic heterocycles. The number of amides is 2. The zero-order valence-electron chi connectivity index (χ0n) is 13.8. The van der Waals surface area contributed by atoms with Crippen molar-refractivity contribution in [1.29, 1.82) is 0 Å². The van der Waals surface area contributed by atoms with Crippen molar-refractivity contribution in [1.82, 2.24) is 9.80 Å². The number of benzene rings is 1. The van der Waals surface area contributed by atoms with Crippen molar-refractivity contribution in [3.63, 3.8) is 0 Å².